The van der Waals surface area contributed by atoms with E-state index in [2.05, 4.69) is 53.0 Å². The Hall–Kier alpha value is -2.24. The number of nitrogens with zero attached hydrogens (tertiary/aromatic N) is 1. The van der Waals surface area contributed by atoms with Gasteiger partial charge in [-0.15, -0.1) is 0 Å². The van der Waals surface area contributed by atoms with Gasteiger partial charge in [0.05, 0.1) is 0 Å². The highest BCUT2D eigenvalue weighted by molar-refractivity contribution is 5.75. The third-order valence-electron chi connectivity index (χ3n) is 5.66. The number of aromatic nitrogens is 1. The lowest BCUT2D eigenvalue weighted by molar-refractivity contribution is -0.120. The van der Waals surface area contributed by atoms with Gasteiger partial charge in [-0.2, -0.15) is 0 Å². The average molecular weight is 381 g/mol. The number of pyridine rings is 1. The lowest BCUT2D eigenvalue weighted by Gasteiger charge is -2.38. The quantitative estimate of drug-likeness (QED) is 0.646. The Morgan fingerprint density at radius 3 is 2.54 bits per heavy atom. The fourth-order valence-corrected chi connectivity index (χ4v) is 4.27. The number of hydrogen-bond donors (Lipinski definition) is 3. The highest BCUT2D eigenvalue weighted by Crippen LogP contribution is 2.30. The summed E-state index contributed by atoms with van der Waals surface area (Å²) in [5.41, 5.74) is 3.67. The van der Waals surface area contributed by atoms with Crippen molar-refractivity contribution in [2.75, 3.05) is 19.6 Å². The fourth-order valence-electron chi connectivity index (χ4n) is 4.27. The number of piperidine rings is 1. The van der Waals surface area contributed by atoms with Crippen LogP contribution < -0.4 is 16.0 Å². The van der Waals surface area contributed by atoms with Gasteiger partial charge in [-0.3, -0.25) is 15.1 Å². The molecule has 0 aliphatic carbocycles. The number of carbonyl (C=O) groups excluding carboxylic acids is 1. The molecule has 1 aliphatic heterocycles. The molecule has 1 atom stereocenters. The zero-order chi connectivity index (χ0) is 20.0. The summed E-state index contributed by atoms with van der Waals surface area (Å²) in [6.07, 6.45) is 7.09. The highest BCUT2D eigenvalue weighted by Gasteiger charge is 2.36. The maximum atomic E-state index is 12.3. The Bertz CT molecular complexity index is 786. The minimum Gasteiger partial charge on any atom is -0.330 e. The smallest absolute Gasteiger partial charge is 0.218 e. The Labute approximate surface area is 168 Å². The molecule has 1 saturated heterocycles. The first-order valence-electron chi connectivity index (χ1n) is 10.2. The van der Waals surface area contributed by atoms with Gasteiger partial charge in [0.25, 0.3) is 0 Å². The van der Waals surface area contributed by atoms with E-state index in [9.17, 15) is 4.79 Å². The van der Waals surface area contributed by atoms with Gasteiger partial charge in [0, 0.05) is 19.3 Å². The van der Waals surface area contributed by atoms with Crippen molar-refractivity contribution >= 4 is 5.91 Å². The molecule has 1 aromatic carbocycles. The molecule has 1 fully saturated rings. The highest BCUT2D eigenvalue weighted by atomic mass is 16.1. The number of aryl methyl sites for hydroxylation is 2. The maximum absolute atomic E-state index is 12.3. The summed E-state index contributed by atoms with van der Waals surface area (Å²) >= 11 is 0. The van der Waals surface area contributed by atoms with Crippen LogP contribution in [0.15, 0.2) is 42.7 Å². The molecule has 0 radical (unpaired) electrons. The van der Waals surface area contributed by atoms with Crippen LogP contribution in [0.3, 0.4) is 0 Å². The molecule has 2 heterocycles. The molecule has 3 rings (SSSR count). The molecule has 150 valence electrons. The Kier molecular flexibility index (Phi) is 6.81. The normalized spacial score (nSPS) is 17.1. The zero-order valence-corrected chi connectivity index (χ0v) is 17.2. The number of amides is 1. The number of carbonyl (C=O) groups is 1. The minimum absolute atomic E-state index is 0.0637. The number of nitrogens with one attached hydrogen (secondary N) is 3. The van der Waals surface area contributed by atoms with Crippen LogP contribution in [-0.4, -0.2) is 30.5 Å². The molecular weight excluding hydrogens is 348 g/mol. The predicted octanol–water partition coefficient (Wildman–Crippen LogP) is 3.01. The van der Waals surface area contributed by atoms with Gasteiger partial charge < -0.3 is 10.6 Å². The zero-order valence-electron chi connectivity index (χ0n) is 17.2. The first-order chi connectivity index (χ1) is 13.5. The number of rotatable bonds is 7. The molecule has 5 nitrogen and oxygen atoms in total. The number of hydrogen-bond acceptors (Lipinski definition) is 4. The van der Waals surface area contributed by atoms with Crippen LogP contribution in [0.1, 0.15) is 48.4 Å². The molecule has 1 unspecified atom stereocenters. The van der Waals surface area contributed by atoms with Crippen molar-refractivity contribution in [3.63, 3.8) is 0 Å². The molecule has 28 heavy (non-hydrogen) atoms. The molecule has 0 spiro atoms. The molecule has 3 N–H and O–H groups in total. The Balaban J connectivity index is 1.96. The van der Waals surface area contributed by atoms with Crippen LogP contribution in [0.4, 0.5) is 0 Å². The van der Waals surface area contributed by atoms with Gasteiger partial charge in [0.15, 0.2) is 0 Å². The Morgan fingerprint density at radius 2 is 1.89 bits per heavy atom. The summed E-state index contributed by atoms with van der Waals surface area (Å²) in [4.78, 5) is 16.4. The van der Waals surface area contributed by atoms with E-state index in [1.165, 1.54) is 18.4 Å². The van der Waals surface area contributed by atoms with Crippen molar-refractivity contribution in [2.45, 2.75) is 45.7 Å². The largest absolute Gasteiger partial charge is 0.330 e. The van der Waals surface area contributed by atoms with E-state index in [1.54, 1.807) is 19.3 Å². The fraction of sp³-hybridized carbons (Fsp3) is 0.478. The van der Waals surface area contributed by atoms with Crippen molar-refractivity contribution in [1.82, 2.24) is 20.9 Å². The monoisotopic (exact) mass is 380 g/mol. The van der Waals surface area contributed by atoms with Gasteiger partial charge in [-0.1, -0.05) is 23.8 Å². The van der Waals surface area contributed by atoms with Crippen molar-refractivity contribution in [2.24, 2.45) is 5.92 Å². The van der Waals surface area contributed by atoms with Crippen LogP contribution in [0.25, 0.3) is 0 Å². The standard InChI is InChI=1S/C23H32N4O/c1-17-4-5-22(18(2)16-17)23(27-19(3)28,21-9-13-25-14-10-21)26-15-8-20-6-11-24-12-7-20/h4-5,9-10,13-14,16,20,24,26H,6-8,11-12,15H2,1-3H3,(H,27,28). The SMILES string of the molecule is CC(=O)NC(NCCC1CCNCC1)(c1ccncc1)c1ccc(C)cc1C. The second kappa shape index (κ2) is 9.30. The maximum Gasteiger partial charge on any atom is 0.218 e. The van der Waals surface area contributed by atoms with Gasteiger partial charge in [0.1, 0.15) is 5.66 Å². The topological polar surface area (TPSA) is 66.1 Å². The lowest BCUT2D eigenvalue weighted by Crippen LogP contribution is -2.57. The predicted molar refractivity (Wildman–Crippen MR) is 113 cm³/mol. The van der Waals surface area contributed by atoms with Crippen molar-refractivity contribution in [3.05, 3.63) is 65.0 Å². The van der Waals surface area contributed by atoms with Gasteiger partial charge in [-0.25, -0.2) is 0 Å². The van der Waals surface area contributed by atoms with Crippen LogP contribution in [0.2, 0.25) is 0 Å². The van der Waals surface area contributed by atoms with Crippen molar-refractivity contribution < 1.29 is 4.79 Å². The van der Waals surface area contributed by atoms with E-state index in [0.29, 0.717) is 0 Å². The lowest BCUT2D eigenvalue weighted by atomic mass is 9.86. The molecule has 1 aliphatic rings. The summed E-state index contributed by atoms with van der Waals surface area (Å²) in [6, 6.07) is 10.4. The first-order valence-corrected chi connectivity index (χ1v) is 10.2. The molecule has 0 saturated carbocycles. The first kappa shape index (κ1) is 20.5. The van der Waals surface area contributed by atoms with Crippen LogP contribution in [0.5, 0.6) is 0 Å². The molecule has 1 aromatic heterocycles. The summed E-state index contributed by atoms with van der Waals surface area (Å²) in [5, 5.41) is 10.4. The minimum atomic E-state index is -0.764. The van der Waals surface area contributed by atoms with E-state index in [1.807, 2.05) is 12.1 Å². The van der Waals surface area contributed by atoms with Gasteiger partial charge in [-0.05, 0) is 87.5 Å². The summed E-state index contributed by atoms with van der Waals surface area (Å²) in [7, 11) is 0. The second-order valence-electron chi connectivity index (χ2n) is 7.89. The summed E-state index contributed by atoms with van der Waals surface area (Å²) < 4.78 is 0. The van der Waals surface area contributed by atoms with E-state index < -0.39 is 5.66 Å². The number of benzene rings is 1. The van der Waals surface area contributed by atoms with E-state index in [-0.39, 0.29) is 5.91 Å². The van der Waals surface area contributed by atoms with Crippen molar-refractivity contribution in [3.8, 4) is 0 Å². The molecule has 0 bridgehead atoms. The van der Waals surface area contributed by atoms with Crippen LogP contribution >= 0.6 is 0 Å². The van der Waals surface area contributed by atoms with Gasteiger partial charge >= 0.3 is 0 Å². The van der Waals surface area contributed by atoms with Crippen molar-refractivity contribution in [1.29, 1.82) is 0 Å². The third kappa shape index (κ3) is 4.78. The second-order valence-corrected chi connectivity index (χ2v) is 7.89. The Morgan fingerprint density at radius 1 is 1.18 bits per heavy atom. The van der Waals surface area contributed by atoms with E-state index >= 15 is 0 Å². The van der Waals surface area contributed by atoms with E-state index in [0.717, 1.165) is 48.7 Å². The molecule has 1 amide bonds. The average Bonchev–Trinajstić information content (AvgIpc) is 2.68. The molecule has 2 aromatic rings. The van der Waals surface area contributed by atoms with Gasteiger partial charge in [0.2, 0.25) is 5.91 Å². The molecule has 5 heteroatoms. The van der Waals surface area contributed by atoms with E-state index in [4.69, 9.17) is 0 Å². The van der Waals surface area contributed by atoms with Crippen LogP contribution in [-0.2, 0) is 10.5 Å². The third-order valence-corrected chi connectivity index (χ3v) is 5.66. The summed E-state index contributed by atoms with van der Waals surface area (Å²) in [6.45, 7) is 8.81. The molecular formula is C23H32N4O. The van der Waals surface area contributed by atoms with Crippen LogP contribution in [0, 0.1) is 19.8 Å². The summed E-state index contributed by atoms with van der Waals surface area (Å²) in [5.74, 6) is 0.659.